The van der Waals surface area contributed by atoms with Crippen molar-refractivity contribution in [3.05, 3.63) is 35.4 Å². The third-order valence-corrected chi connectivity index (χ3v) is 2.30. The van der Waals surface area contributed by atoms with Crippen LogP contribution in [0.3, 0.4) is 0 Å². The zero-order chi connectivity index (χ0) is 16.3. The second kappa shape index (κ2) is 6.15. The first-order valence-electron chi connectivity index (χ1n) is 6.14. The molecular weight excluding hydrogens is 287 g/mol. The summed E-state index contributed by atoms with van der Waals surface area (Å²) in [5.41, 5.74) is -1.37. The van der Waals surface area contributed by atoms with Crippen LogP contribution >= 0.6 is 0 Å². The van der Waals surface area contributed by atoms with Gasteiger partial charge >= 0.3 is 12.1 Å². The monoisotopic (exact) mass is 303 g/mol. The predicted octanol–water partition coefficient (Wildman–Crippen LogP) is 2.78. The maximum absolute atomic E-state index is 12.4. The lowest BCUT2D eigenvalue weighted by Gasteiger charge is -2.20. The fourth-order valence-corrected chi connectivity index (χ4v) is 1.46. The molecule has 21 heavy (non-hydrogen) atoms. The lowest BCUT2D eigenvalue weighted by molar-refractivity contribution is -0.137. The van der Waals surface area contributed by atoms with Crippen LogP contribution in [0.5, 0.6) is 0 Å². The summed E-state index contributed by atoms with van der Waals surface area (Å²) in [6.45, 7) is 4.81. The van der Waals surface area contributed by atoms with E-state index in [1.54, 1.807) is 20.8 Å². The SMILES string of the molecule is CC(C)(C)NC(=O)COC(=O)c1ccc(C(F)(F)F)cc1. The molecule has 0 fully saturated rings. The van der Waals surface area contributed by atoms with Gasteiger partial charge in [-0.1, -0.05) is 0 Å². The number of halogens is 3. The molecule has 1 rings (SSSR count). The minimum atomic E-state index is -4.46. The standard InChI is InChI=1S/C14H16F3NO3/c1-13(2,3)18-11(19)8-21-12(20)9-4-6-10(7-5-9)14(15,16)17/h4-7H,8H2,1-3H3,(H,18,19). The van der Waals surface area contributed by atoms with E-state index >= 15 is 0 Å². The van der Waals surface area contributed by atoms with Crippen molar-refractivity contribution < 1.29 is 27.5 Å². The highest BCUT2D eigenvalue weighted by Gasteiger charge is 2.30. The molecule has 0 unspecified atom stereocenters. The third-order valence-electron chi connectivity index (χ3n) is 2.30. The van der Waals surface area contributed by atoms with E-state index in [2.05, 4.69) is 5.32 Å². The van der Waals surface area contributed by atoms with Crippen molar-refractivity contribution in [1.82, 2.24) is 5.32 Å². The van der Waals surface area contributed by atoms with Crippen LogP contribution < -0.4 is 5.32 Å². The molecule has 4 nitrogen and oxygen atoms in total. The van der Waals surface area contributed by atoms with Crippen LogP contribution in [0.25, 0.3) is 0 Å². The Kier molecular flexibility index (Phi) is 4.98. The van der Waals surface area contributed by atoms with Gasteiger partial charge in [-0.05, 0) is 45.0 Å². The number of alkyl halides is 3. The highest BCUT2D eigenvalue weighted by molar-refractivity contribution is 5.91. The van der Waals surface area contributed by atoms with E-state index in [-0.39, 0.29) is 5.56 Å². The molecule has 7 heteroatoms. The number of benzene rings is 1. The number of esters is 1. The number of nitrogens with one attached hydrogen (secondary N) is 1. The molecule has 0 heterocycles. The lowest BCUT2D eigenvalue weighted by Crippen LogP contribution is -2.42. The summed E-state index contributed by atoms with van der Waals surface area (Å²) in [4.78, 5) is 23.0. The van der Waals surface area contributed by atoms with Gasteiger partial charge in [-0.2, -0.15) is 13.2 Å². The Morgan fingerprint density at radius 1 is 1.10 bits per heavy atom. The van der Waals surface area contributed by atoms with E-state index in [9.17, 15) is 22.8 Å². The summed E-state index contributed by atoms with van der Waals surface area (Å²) in [6, 6.07) is 3.58. The molecule has 0 radical (unpaired) electrons. The summed E-state index contributed by atoms with van der Waals surface area (Å²) in [6.07, 6.45) is -4.46. The second-order valence-corrected chi connectivity index (χ2v) is 5.45. The Balaban J connectivity index is 2.59. The molecule has 1 aromatic carbocycles. The van der Waals surface area contributed by atoms with Crippen LogP contribution in [0, 0.1) is 0 Å². The molecular formula is C14H16F3NO3. The molecule has 0 aliphatic rings. The van der Waals surface area contributed by atoms with Crippen molar-refractivity contribution in [2.45, 2.75) is 32.5 Å². The van der Waals surface area contributed by atoms with E-state index in [0.717, 1.165) is 24.3 Å². The third kappa shape index (κ3) is 5.85. The average molecular weight is 303 g/mol. The summed E-state index contributed by atoms with van der Waals surface area (Å²) >= 11 is 0. The number of amides is 1. The van der Waals surface area contributed by atoms with Gasteiger partial charge in [0, 0.05) is 5.54 Å². The summed E-state index contributed by atoms with van der Waals surface area (Å²) in [7, 11) is 0. The zero-order valence-corrected chi connectivity index (χ0v) is 11.9. The highest BCUT2D eigenvalue weighted by Crippen LogP contribution is 2.29. The van der Waals surface area contributed by atoms with Gasteiger partial charge in [-0.15, -0.1) is 0 Å². The van der Waals surface area contributed by atoms with Crippen molar-refractivity contribution >= 4 is 11.9 Å². The largest absolute Gasteiger partial charge is 0.452 e. The average Bonchev–Trinajstić information content (AvgIpc) is 2.33. The zero-order valence-electron chi connectivity index (χ0n) is 11.9. The normalized spacial score (nSPS) is 11.9. The predicted molar refractivity (Wildman–Crippen MR) is 69.6 cm³/mol. The van der Waals surface area contributed by atoms with E-state index < -0.39 is 35.8 Å². The number of carbonyl (C=O) groups excluding carboxylic acids is 2. The summed E-state index contributed by atoms with van der Waals surface area (Å²) in [5.74, 6) is -1.34. The smallest absolute Gasteiger partial charge is 0.416 e. The molecule has 0 spiro atoms. The van der Waals surface area contributed by atoms with Crippen LogP contribution in [0.2, 0.25) is 0 Å². The maximum Gasteiger partial charge on any atom is 0.416 e. The molecule has 0 saturated carbocycles. The van der Waals surface area contributed by atoms with E-state index in [0.29, 0.717) is 0 Å². The van der Waals surface area contributed by atoms with E-state index in [1.807, 2.05) is 0 Å². The molecule has 0 aromatic heterocycles. The Bertz CT molecular complexity index is 516. The Morgan fingerprint density at radius 2 is 1.62 bits per heavy atom. The molecule has 0 bridgehead atoms. The minimum Gasteiger partial charge on any atom is -0.452 e. The van der Waals surface area contributed by atoms with Crippen molar-refractivity contribution in [3.8, 4) is 0 Å². The van der Waals surface area contributed by atoms with Crippen molar-refractivity contribution in [2.24, 2.45) is 0 Å². The minimum absolute atomic E-state index is 0.0495. The van der Waals surface area contributed by atoms with Gasteiger partial charge in [0.15, 0.2) is 6.61 Å². The maximum atomic E-state index is 12.4. The van der Waals surface area contributed by atoms with Gasteiger partial charge in [-0.3, -0.25) is 4.79 Å². The number of rotatable bonds is 3. The summed E-state index contributed by atoms with van der Waals surface area (Å²) < 4.78 is 41.8. The van der Waals surface area contributed by atoms with Gasteiger partial charge in [0.2, 0.25) is 0 Å². The quantitative estimate of drug-likeness (QED) is 0.874. The van der Waals surface area contributed by atoms with E-state index in [4.69, 9.17) is 4.74 Å². The molecule has 0 atom stereocenters. The second-order valence-electron chi connectivity index (χ2n) is 5.45. The van der Waals surface area contributed by atoms with Gasteiger partial charge in [-0.25, -0.2) is 4.79 Å². The number of ether oxygens (including phenoxy) is 1. The van der Waals surface area contributed by atoms with Crippen LogP contribution in [-0.4, -0.2) is 24.0 Å². The fraction of sp³-hybridized carbons (Fsp3) is 0.429. The number of hydrogen-bond donors (Lipinski definition) is 1. The van der Waals surface area contributed by atoms with E-state index in [1.165, 1.54) is 0 Å². The Hall–Kier alpha value is -2.05. The Labute approximate surface area is 120 Å². The Morgan fingerprint density at radius 3 is 2.05 bits per heavy atom. The molecule has 116 valence electrons. The van der Waals surface area contributed by atoms with Crippen LogP contribution in [-0.2, 0) is 15.7 Å². The number of hydrogen-bond acceptors (Lipinski definition) is 3. The molecule has 1 amide bonds. The number of carbonyl (C=O) groups is 2. The van der Waals surface area contributed by atoms with Crippen molar-refractivity contribution in [1.29, 1.82) is 0 Å². The first-order chi connectivity index (χ1) is 9.49. The molecule has 0 aliphatic heterocycles. The molecule has 0 saturated heterocycles. The first-order valence-corrected chi connectivity index (χ1v) is 6.14. The van der Waals surface area contributed by atoms with Gasteiger partial charge in [0.05, 0.1) is 11.1 Å². The van der Waals surface area contributed by atoms with Gasteiger partial charge in [0.25, 0.3) is 5.91 Å². The van der Waals surface area contributed by atoms with Gasteiger partial charge in [0.1, 0.15) is 0 Å². The van der Waals surface area contributed by atoms with Crippen LogP contribution in [0.1, 0.15) is 36.7 Å². The first kappa shape index (κ1) is 17.0. The topological polar surface area (TPSA) is 55.4 Å². The van der Waals surface area contributed by atoms with Crippen molar-refractivity contribution in [2.75, 3.05) is 6.61 Å². The molecule has 1 N–H and O–H groups in total. The van der Waals surface area contributed by atoms with Crippen LogP contribution in [0.4, 0.5) is 13.2 Å². The lowest BCUT2D eigenvalue weighted by atomic mass is 10.1. The van der Waals surface area contributed by atoms with Crippen molar-refractivity contribution in [3.63, 3.8) is 0 Å². The van der Waals surface area contributed by atoms with Crippen LogP contribution in [0.15, 0.2) is 24.3 Å². The molecule has 1 aromatic rings. The molecule has 0 aliphatic carbocycles. The van der Waals surface area contributed by atoms with Gasteiger partial charge < -0.3 is 10.1 Å². The fourth-order valence-electron chi connectivity index (χ4n) is 1.46. The summed E-state index contributed by atoms with van der Waals surface area (Å²) in [5, 5.41) is 2.59. The highest BCUT2D eigenvalue weighted by atomic mass is 19.4.